The number of amides is 1. The molecule has 1 saturated heterocycles. The average molecular weight is 313 g/mol. The van der Waals surface area contributed by atoms with Gasteiger partial charge in [0.25, 0.3) is 0 Å². The van der Waals surface area contributed by atoms with Crippen LogP contribution in [0.1, 0.15) is 12.5 Å². The lowest BCUT2D eigenvalue weighted by molar-refractivity contribution is -0.136. The predicted molar refractivity (Wildman–Crippen MR) is 86.5 cm³/mol. The molecule has 0 bridgehead atoms. The molecule has 1 aliphatic heterocycles. The van der Waals surface area contributed by atoms with Crippen molar-refractivity contribution in [2.24, 2.45) is 11.8 Å². The Hall–Kier alpha value is -1.10. The van der Waals surface area contributed by atoms with Gasteiger partial charge in [-0.1, -0.05) is 37.3 Å². The summed E-state index contributed by atoms with van der Waals surface area (Å²) in [6.45, 7) is 5.78. The Labute approximate surface area is 133 Å². The van der Waals surface area contributed by atoms with Crippen LogP contribution in [0, 0.1) is 11.8 Å². The zero-order chi connectivity index (χ0) is 14.4. The number of carbonyl (C=O) groups is 1. The molecule has 1 N–H and O–H groups in total. The highest BCUT2D eigenvalue weighted by molar-refractivity contribution is 5.85. The molecule has 0 aromatic heterocycles. The van der Waals surface area contributed by atoms with Crippen LogP contribution in [0.2, 0.25) is 0 Å². The maximum atomic E-state index is 12.2. The molecule has 2 rings (SSSR count). The van der Waals surface area contributed by atoms with Gasteiger partial charge in [-0.15, -0.1) is 12.4 Å². The number of hydrogen-bond acceptors (Lipinski definition) is 3. The van der Waals surface area contributed by atoms with E-state index in [0.717, 1.165) is 18.7 Å². The van der Waals surface area contributed by atoms with E-state index in [-0.39, 0.29) is 24.2 Å². The summed E-state index contributed by atoms with van der Waals surface area (Å²) in [5.74, 6) is 0.824. The molecule has 1 aromatic rings. The van der Waals surface area contributed by atoms with E-state index in [1.165, 1.54) is 0 Å². The predicted octanol–water partition coefficient (Wildman–Crippen LogP) is 1.94. The molecule has 21 heavy (non-hydrogen) atoms. The zero-order valence-electron chi connectivity index (χ0n) is 12.7. The first-order valence-electron chi connectivity index (χ1n) is 7.26. The highest BCUT2D eigenvalue weighted by Crippen LogP contribution is 2.17. The quantitative estimate of drug-likeness (QED) is 0.782. The second-order valence-corrected chi connectivity index (χ2v) is 5.50. The second kappa shape index (κ2) is 9.03. The molecule has 118 valence electrons. The van der Waals surface area contributed by atoms with E-state index >= 15 is 0 Å². The SMILES string of the molecule is CC(C(=O)N(C)CCOCc1ccccc1)C1CNC1.Cl. The van der Waals surface area contributed by atoms with Crippen LogP contribution < -0.4 is 5.32 Å². The molecule has 0 spiro atoms. The van der Waals surface area contributed by atoms with Gasteiger partial charge in [-0.25, -0.2) is 0 Å². The van der Waals surface area contributed by atoms with Crippen LogP contribution in [-0.4, -0.2) is 44.1 Å². The molecule has 0 radical (unpaired) electrons. The van der Waals surface area contributed by atoms with Crippen molar-refractivity contribution in [2.75, 3.05) is 33.3 Å². The zero-order valence-corrected chi connectivity index (χ0v) is 13.6. The maximum Gasteiger partial charge on any atom is 0.225 e. The molecule has 5 heteroatoms. The first-order chi connectivity index (χ1) is 9.68. The smallest absolute Gasteiger partial charge is 0.225 e. The summed E-state index contributed by atoms with van der Waals surface area (Å²) in [5, 5.41) is 3.21. The van der Waals surface area contributed by atoms with Crippen LogP contribution in [0.15, 0.2) is 30.3 Å². The van der Waals surface area contributed by atoms with Crippen molar-refractivity contribution in [3.63, 3.8) is 0 Å². The van der Waals surface area contributed by atoms with Gasteiger partial charge in [-0.2, -0.15) is 0 Å². The van der Waals surface area contributed by atoms with Crippen molar-refractivity contribution in [3.8, 4) is 0 Å². The number of benzene rings is 1. The van der Waals surface area contributed by atoms with Crippen molar-refractivity contribution in [3.05, 3.63) is 35.9 Å². The third-order valence-corrected chi connectivity index (χ3v) is 3.97. The Balaban J connectivity index is 0.00000220. The number of likely N-dealkylation sites (N-methyl/N-ethyl adjacent to an activating group) is 1. The van der Waals surface area contributed by atoms with Crippen molar-refractivity contribution < 1.29 is 9.53 Å². The van der Waals surface area contributed by atoms with Gasteiger partial charge in [0.2, 0.25) is 5.91 Å². The van der Waals surface area contributed by atoms with Gasteiger partial charge >= 0.3 is 0 Å². The van der Waals surface area contributed by atoms with Crippen molar-refractivity contribution >= 4 is 18.3 Å². The standard InChI is InChI=1S/C16H24N2O2.ClH/c1-13(15-10-17-11-15)16(19)18(2)8-9-20-12-14-6-4-3-5-7-14;/h3-7,13,15,17H,8-12H2,1-2H3;1H. The van der Waals surface area contributed by atoms with E-state index in [4.69, 9.17) is 4.74 Å². The molecular formula is C16H25ClN2O2. The topological polar surface area (TPSA) is 41.6 Å². The number of halogens is 1. The average Bonchev–Trinajstić information content (AvgIpc) is 2.41. The van der Waals surface area contributed by atoms with Gasteiger partial charge in [0.05, 0.1) is 13.2 Å². The molecule has 4 nitrogen and oxygen atoms in total. The molecule has 1 fully saturated rings. The molecule has 1 unspecified atom stereocenters. The summed E-state index contributed by atoms with van der Waals surface area (Å²) >= 11 is 0. The van der Waals surface area contributed by atoms with Crippen molar-refractivity contribution in [2.45, 2.75) is 13.5 Å². The summed E-state index contributed by atoms with van der Waals surface area (Å²) in [6.07, 6.45) is 0. The number of nitrogens with zero attached hydrogens (tertiary/aromatic N) is 1. The third kappa shape index (κ3) is 5.30. The van der Waals surface area contributed by atoms with Gasteiger partial charge < -0.3 is 15.0 Å². The Morgan fingerprint density at radius 3 is 2.62 bits per heavy atom. The second-order valence-electron chi connectivity index (χ2n) is 5.50. The van der Waals surface area contributed by atoms with Crippen LogP contribution in [0.4, 0.5) is 0 Å². The summed E-state index contributed by atoms with van der Waals surface area (Å²) < 4.78 is 5.61. The van der Waals surface area contributed by atoms with Gasteiger partial charge in [0, 0.05) is 19.5 Å². The number of ether oxygens (including phenoxy) is 1. The fourth-order valence-corrected chi connectivity index (χ4v) is 2.29. The lowest BCUT2D eigenvalue weighted by Gasteiger charge is -2.33. The van der Waals surface area contributed by atoms with E-state index in [2.05, 4.69) is 5.32 Å². The maximum absolute atomic E-state index is 12.2. The Bertz CT molecular complexity index is 424. The van der Waals surface area contributed by atoms with Gasteiger partial charge in [0.1, 0.15) is 0 Å². The third-order valence-electron chi connectivity index (χ3n) is 3.97. The molecule has 0 saturated carbocycles. The van der Waals surface area contributed by atoms with E-state index in [1.807, 2.05) is 44.3 Å². The van der Waals surface area contributed by atoms with E-state index in [0.29, 0.717) is 25.7 Å². The van der Waals surface area contributed by atoms with E-state index in [1.54, 1.807) is 4.90 Å². The minimum Gasteiger partial charge on any atom is -0.375 e. The Morgan fingerprint density at radius 2 is 2.05 bits per heavy atom. The lowest BCUT2D eigenvalue weighted by atomic mass is 9.88. The number of rotatable bonds is 7. The van der Waals surface area contributed by atoms with Crippen LogP contribution >= 0.6 is 12.4 Å². The minimum atomic E-state index is 0. The fourth-order valence-electron chi connectivity index (χ4n) is 2.29. The molecule has 0 aliphatic carbocycles. The van der Waals surface area contributed by atoms with Gasteiger partial charge in [-0.3, -0.25) is 4.79 Å². The highest BCUT2D eigenvalue weighted by Gasteiger charge is 2.30. The minimum absolute atomic E-state index is 0. The molecule has 1 atom stereocenters. The summed E-state index contributed by atoms with van der Waals surface area (Å²) in [5.41, 5.74) is 1.16. The fraction of sp³-hybridized carbons (Fsp3) is 0.562. The largest absolute Gasteiger partial charge is 0.375 e. The molecule has 1 heterocycles. The van der Waals surface area contributed by atoms with Crippen molar-refractivity contribution in [1.29, 1.82) is 0 Å². The van der Waals surface area contributed by atoms with Crippen LogP contribution in [0.25, 0.3) is 0 Å². The number of hydrogen-bond donors (Lipinski definition) is 1. The molecule has 1 aromatic carbocycles. The van der Waals surface area contributed by atoms with Crippen molar-refractivity contribution in [1.82, 2.24) is 10.2 Å². The number of nitrogens with one attached hydrogen (secondary N) is 1. The first-order valence-corrected chi connectivity index (χ1v) is 7.26. The Morgan fingerprint density at radius 1 is 1.38 bits per heavy atom. The monoisotopic (exact) mass is 312 g/mol. The summed E-state index contributed by atoms with van der Waals surface area (Å²) in [4.78, 5) is 14.0. The normalized spacial score (nSPS) is 15.7. The molecular weight excluding hydrogens is 288 g/mol. The van der Waals surface area contributed by atoms with Crippen LogP contribution in [0.3, 0.4) is 0 Å². The Kier molecular flexibility index (Phi) is 7.72. The van der Waals surface area contributed by atoms with E-state index < -0.39 is 0 Å². The number of carbonyl (C=O) groups excluding carboxylic acids is 1. The van der Waals surface area contributed by atoms with Gasteiger partial charge in [-0.05, 0) is 24.6 Å². The van der Waals surface area contributed by atoms with Gasteiger partial charge in [0.15, 0.2) is 0 Å². The lowest BCUT2D eigenvalue weighted by Crippen LogP contribution is -2.50. The molecule has 1 aliphatic rings. The van der Waals surface area contributed by atoms with Crippen LogP contribution in [0.5, 0.6) is 0 Å². The summed E-state index contributed by atoms with van der Waals surface area (Å²) in [6, 6.07) is 10.1. The van der Waals surface area contributed by atoms with E-state index in [9.17, 15) is 4.79 Å². The molecule has 1 amide bonds. The highest BCUT2D eigenvalue weighted by atomic mass is 35.5. The summed E-state index contributed by atoms with van der Waals surface area (Å²) in [7, 11) is 1.86. The van der Waals surface area contributed by atoms with Crippen LogP contribution in [-0.2, 0) is 16.1 Å². The first kappa shape index (κ1) is 18.0.